The first-order chi connectivity index (χ1) is 13.4. The van der Waals surface area contributed by atoms with Crippen molar-refractivity contribution in [1.29, 1.82) is 0 Å². The molecular weight excluding hydrogens is 363 g/mol. The lowest BCUT2D eigenvalue weighted by atomic mass is 10.0. The second-order valence-electron chi connectivity index (χ2n) is 8.07. The third-order valence-corrected chi connectivity index (χ3v) is 6.13. The van der Waals surface area contributed by atoms with Gasteiger partial charge in [0.15, 0.2) is 0 Å². The Morgan fingerprint density at radius 2 is 1.75 bits per heavy atom. The molecule has 0 amide bonds. The van der Waals surface area contributed by atoms with Crippen LogP contribution < -0.4 is 9.80 Å². The van der Waals surface area contributed by atoms with Gasteiger partial charge in [-0.15, -0.1) is 0 Å². The molecular formula is C22H28F3N3. The summed E-state index contributed by atoms with van der Waals surface area (Å²) in [7, 11) is 2.12. The maximum absolute atomic E-state index is 13.4. The van der Waals surface area contributed by atoms with Crippen molar-refractivity contribution in [3.8, 4) is 0 Å². The summed E-state index contributed by atoms with van der Waals surface area (Å²) in [5, 5.41) is 0. The Hall–Kier alpha value is -1.95. The highest BCUT2D eigenvalue weighted by Gasteiger charge is 2.33. The molecule has 0 aliphatic carbocycles. The number of halogens is 3. The molecule has 1 atom stereocenters. The van der Waals surface area contributed by atoms with Gasteiger partial charge in [0.1, 0.15) is 0 Å². The summed E-state index contributed by atoms with van der Waals surface area (Å²) < 4.78 is 40.2. The van der Waals surface area contributed by atoms with Gasteiger partial charge in [-0.1, -0.05) is 12.2 Å². The van der Waals surface area contributed by atoms with Gasteiger partial charge in [-0.2, -0.15) is 13.2 Å². The van der Waals surface area contributed by atoms with Gasteiger partial charge < -0.3 is 9.80 Å². The van der Waals surface area contributed by atoms with E-state index in [9.17, 15) is 13.2 Å². The number of nitrogens with zero attached hydrogens (tertiary/aromatic N) is 3. The van der Waals surface area contributed by atoms with Crippen molar-refractivity contribution >= 4 is 11.4 Å². The molecule has 1 aromatic rings. The molecule has 2 fully saturated rings. The van der Waals surface area contributed by atoms with E-state index in [2.05, 4.69) is 35.2 Å². The molecule has 0 N–H and O–H groups in total. The zero-order valence-corrected chi connectivity index (χ0v) is 16.4. The highest BCUT2D eigenvalue weighted by molar-refractivity contribution is 5.74. The van der Waals surface area contributed by atoms with Gasteiger partial charge in [0.25, 0.3) is 0 Å². The normalized spacial score (nSPS) is 24.0. The molecule has 4 rings (SSSR count). The number of alkyl halides is 3. The van der Waals surface area contributed by atoms with E-state index in [0.29, 0.717) is 18.3 Å². The van der Waals surface area contributed by atoms with Crippen LogP contribution in [0, 0.1) is 0 Å². The summed E-state index contributed by atoms with van der Waals surface area (Å²) in [4.78, 5) is 6.57. The highest BCUT2D eigenvalue weighted by Crippen LogP contribution is 2.39. The quantitative estimate of drug-likeness (QED) is 0.714. The zero-order chi connectivity index (χ0) is 19.7. The van der Waals surface area contributed by atoms with Gasteiger partial charge in [0, 0.05) is 31.9 Å². The van der Waals surface area contributed by atoms with Gasteiger partial charge in [0.05, 0.1) is 16.9 Å². The fraction of sp³-hybridized carbons (Fsp3) is 0.545. The van der Waals surface area contributed by atoms with Gasteiger partial charge in [-0.05, 0) is 69.5 Å². The van der Waals surface area contributed by atoms with Gasteiger partial charge in [-0.3, -0.25) is 4.90 Å². The molecule has 28 heavy (non-hydrogen) atoms. The zero-order valence-electron chi connectivity index (χ0n) is 16.4. The molecule has 3 heterocycles. The van der Waals surface area contributed by atoms with Crippen molar-refractivity contribution < 1.29 is 13.2 Å². The third kappa shape index (κ3) is 3.93. The average Bonchev–Trinajstić information content (AvgIpc) is 3.13. The highest BCUT2D eigenvalue weighted by atomic mass is 19.4. The molecule has 3 nitrogen and oxygen atoms in total. The first kappa shape index (κ1) is 19.4. The molecule has 0 radical (unpaired) electrons. The van der Waals surface area contributed by atoms with Crippen LogP contribution in [0.25, 0.3) is 0 Å². The molecule has 152 valence electrons. The Kier molecular flexibility index (Phi) is 5.41. The van der Waals surface area contributed by atoms with Crippen LogP contribution in [-0.2, 0) is 6.18 Å². The summed E-state index contributed by atoms with van der Waals surface area (Å²) in [5.74, 6) is 0. The summed E-state index contributed by atoms with van der Waals surface area (Å²) in [6.45, 7) is 3.48. The number of likely N-dealkylation sites (N-methyl/N-ethyl adjacent to an activating group) is 1. The SMILES string of the molecule is CN1CCCC1C1=CN(c2cc(C(F)(F)F)ccc2N2CCCCC2)CC=C1. The average molecular weight is 391 g/mol. The van der Waals surface area contributed by atoms with E-state index < -0.39 is 11.7 Å². The van der Waals surface area contributed by atoms with Crippen LogP contribution >= 0.6 is 0 Å². The summed E-state index contributed by atoms with van der Waals surface area (Å²) in [5.41, 5.74) is 2.19. The Morgan fingerprint density at radius 1 is 0.964 bits per heavy atom. The molecule has 0 spiro atoms. The molecule has 1 aromatic carbocycles. The number of benzene rings is 1. The maximum Gasteiger partial charge on any atom is 0.416 e. The van der Waals surface area contributed by atoms with E-state index in [4.69, 9.17) is 0 Å². The van der Waals surface area contributed by atoms with Crippen molar-refractivity contribution in [2.75, 3.05) is 43.0 Å². The topological polar surface area (TPSA) is 9.72 Å². The smallest absolute Gasteiger partial charge is 0.370 e. The second-order valence-corrected chi connectivity index (χ2v) is 8.07. The van der Waals surface area contributed by atoms with Crippen LogP contribution in [0.5, 0.6) is 0 Å². The lowest BCUT2D eigenvalue weighted by Gasteiger charge is -2.35. The van der Waals surface area contributed by atoms with Crippen LogP contribution in [0.3, 0.4) is 0 Å². The minimum Gasteiger partial charge on any atom is -0.370 e. The van der Waals surface area contributed by atoms with Crippen LogP contribution in [0.2, 0.25) is 0 Å². The number of anilines is 2. The van der Waals surface area contributed by atoms with Crippen LogP contribution in [0.4, 0.5) is 24.5 Å². The van der Waals surface area contributed by atoms with E-state index in [1.54, 1.807) is 6.07 Å². The standard InChI is InChI=1S/C22H28F3N3/c1-26-11-6-8-19(26)17-7-5-14-28(16-17)21-15-18(22(23,24)25)9-10-20(21)27-12-3-2-4-13-27/h5,7,9-10,15-16,19H,2-4,6,8,11-14H2,1H3. The Morgan fingerprint density at radius 3 is 2.43 bits per heavy atom. The molecule has 2 saturated heterocycles. The Bertz CT molecular complexity index is 763. The fourth-order valence-corrected chi connectivity index (χ4v) is 4.61. The van der Waals surface area contributed by atoms with Crippen molar-refractivity contribution in [1.82, 2.24) is 4.90 Å². The van der Waals surface area contributed by atoms with Crippen molar-refractivity contribution in [2.24, 2.45) is 0 Å². The van der Waals surface area contributed by atoms with Crippen molar-refractivity contribution in [3.05, 3.63) is 47.7 Å². The third-order valence-electron chi connectivity index (χ3n) is 6.13. The van der Waals surface area contributed by atoms with E-state index >= 15 is 0 Å². The number of hydrogen-bond donors (Lipinski definition) is 0. The van der Waals surface area contributed by atoms with Gasteiger partial charge in [-0.25, -0.2) is 0 Å². The molecule has 0 bridgehead atoms. The van der Waals surface area contributed by atoms with Gasteiger partial charge in [0.2, 0.25) is 0 Å². The number of piperidine rings is 1. The Labute approximate surface area is 165 Å². The van der Waals surface area contributed by atoms with E-state index in [1.807, 2.05) is 4.90 Å². The first-order valence-corrected chi connectivity index (χ1v) is 10.2. The largest absolute Gasteiger partial charge is 0.416 e. The molecule has 3 aliphatic heterocycles. The summed E-state index contributed by atoms with van der Waals surface area (Å²) in [6, 6.07) is 4.57. The summed E-state index contributed by atoms with van der Waals surface area (Å²) >= 11 is 0. The molecule has 0 aromatic heterocycles. The fourth-order valence-electron chi connectivity index (χ4n) is 4.61. The minimum absolute atomic E-state index is 0.350. The monoisotopic (exact) mass is 391 g/mol. The van der Waals surface area contributed by atoms with Crippen LogP contribution in [0.15, 0.2) is 42.1 Å². The molecule has 0 saturated carbocycles. The molecule has 6 heteroatoms. The van der Waals surface area contributed by atoms with E-state index in [0.717, 1.165) is 51.0 Å². The van der Waals surface area contributed by atoms with Crippen LogP contribution in [-0.4, -0.2) is 44.2 Å². The van der Waals surface area contributed by atoms with Crippen LogP contribution in [0.1, 0.15) is 37.7 Å². The predicted molar refractivity (Wildman–Crippen MR) is 108 cm³/mol. The van der Waals surface area contributed by atoms with E-state index in [1.165, 1.54) is 24.1 Å². The second kappa shape index (κ2) is 7.82. The van der Waals surface area contributed by atoms with Crippen molar-refractivity contribution in [2.45, 2.75) is 44.3 Å². The minimum atomic E-state index is -4.33. The molecule has 1 unspecified atom stereocenters. The number of hydrogen-bond acceptors (Lipinski definition) is 3. The van der Waals surface area contributed by atoms with Crippen molar-refractivity contribution in [3.63, 3.8) is 0 Å². The predicted octanol–water partition coefficient (Wildman–Crippen LogP) is 5.05. The van der Waals surface area contributed by atoms with E-state index in [-0.39, 0.29) is 0 Å². The van der Waals surface area contributed by atoms with Gasteiger partial charge >= 0.3 is 6.18 Å². The Balaban J connectivity index is 1.71. The maximum atomic E-state index is 13.4. The first-order valence-electron chi connectivity index (χ1n) is 10.2. The lowest BCUT2D eigenvalue weighted by molar-refractivity contribution is -0.137. The lowest BCUT2D eigenvalue weighted by Crippen LogP contribution is -2.33. The number of rotatable bonds is 3. The summed E-state index contributed by atoms with van der Waals surface area (Å²) in [6.07, 6.45) is 7.57. The number of likely N-dealkylation sites (tertiary alicyclic amines) is 1. The molecule has 3 aliphatic rings.